The van der Waals surface area contributed by atoms with Crippen molar-refractivity contribution in [3.8, 4) is 23.0 Å². The number of hydrogen-bond donors (Lipinski definition) is 0. The van der Waals surface area contributed by atoms with Crippen molar-refractivity contribution < 1.29 is 23.7 Å². The molecule has 0 radical (unpaired) electrons. The molecule has 0 spiro atoms. The molecule has 0 saturated heterocycles. The third kappa shape index (κ3) is 5.01. The second-order valence-corrected chi connectivity index (χ2v) is 6.50. The minimum absolute atomic E-state index is 0.149. The summed E-state index contributed by atoms with van der Waals surface area (Å²) < 4.78 is 21.4. The molecule has 0 aliphatic carbocycles. The number of hydrogen-bond acceptors (Lipinski definition) is 5. The molecule has 1 amide bonds. The summed E-state index contributed by atoms with van der Waals surface area (Å²) in [6, 6.07) is 8.97. The average molecular weight is 408 g/mol. The molecule has 7 heteroatoms. The van der Waals surface area contributed by atoms with Gasteiger partial charge in [-0.2, -0.15) is 0 Å². The third-order valence-electron chi connectivity index (χ3n) is 4.30. The van der Waals surface area contributed by atoms with Crippen molar-refractivity contribution in [1.82, 2.24) is 4.90 Å². The standard InChI is InChI=1S/C21H26ClNO5/c1-6-28-20-16(22)12-15(13-19(20)27-5)21(24)23(2)10-9-14-7-8-17(25-3)18(11-14)26-4/h7-8,11-13H,6,9-10H2,1-5H3. The maximum atomic E-state index is 12.8. The molecule has 2 aromatic carbocycles. The van der Waals surface area contributed by atoms with Crippen molar-refractivity contribution in [2.75, 3.05) is 41.5 Å². The Bertz CT molecular complexity index is 825. The first-order valence-corrected chi connectivity index (χ1v) is 9.29. The van der Waals surface area contributed by atoms with E-state index >= 15 is 0 Å². The van der Waals surface area contributed by atoms with Crippen LogP contribution in [0, 0.1) is 0 Å². The van der Waals surface area contributed by atoms with E-state index in [1.165, 1.54) is 7.11 Å². The van der Waals surface area contributed by atoms with Crippen LogP contribution in [-0.2, 0) is 6.42 Å². The summed E-state index contributed by atoms with van der Waals surface area (Å²) in [4.78, 5) is 14.4. The number of rotatable bonds is 9. The quantitative estimate of drug-likeness (QED) is 0.627. The second-order valence-electron chi connectivity index (χ2n) is 6.09. The van der Waals surface area contributed by atoms with Crippen LogP contribution in [0.5, 0.6) is 23.0 Å². The Balaban J connectivity index is 2.11. The van der Waals surface area contributed by atoms with Crippen LogP contribution in [0.15, 0.2) is 30.3 Å². The zero-order valence-electron chi connectivity index (χ0n) is 16.9. The molecule has 0 unspecified atom stereocenters. The molecular weight excluding hydrogens is 382 g/mol. The molecule has 2 aromatic rings. The highest BCUT2D eigenvalue weighted by Crippen LogP contribution is 2.36. The fourth-order valence-electron chi connectivity index (χ4n) is 2.78. The first kappa shape index (κ1) is 21.7. The molecule has 0 aliphatic heterocycles. The number of halogens is 1. The van der Waals surface area contributed by atoms with Crippen LogP contribution < -0.4 is 18.9 Å². The predicted molar refractivity (Wildman–Crippen MR) is 109 cm³/mol. The van der Waals surface area contributed by atoms with Gasteiger partial charge in [0.2, 0.25) is 0 Å². The minimum atomic E-state index is -0.149. The van der Waals surface area contributed by atoms with Crippen LogP contribution in [0.4, 0.5) is 0 Å². The van der Waals surface area contributed by atoms with Gasteiger partial charge in [0.25, 0.3) is 5.91 Å². The zero-order chi connectivity index (χ0) is 20.7. The summed E-state index contributed by atoms with van der Waals surface area (Å²) in [5, 5.41) is 0.345. The Hall–Kier alpha value is -2.60. The largest absolute Gasteiger partial charge is 0.493 e. The molecule has 6 nitrogen and oxygen atoms in total. The van der Waals surface area contributed by atoms with Crippen molar-refractivity contribution in [1.29, 1.82) is 0 Å². The molecule has 0 N–H and O–H groups in total. The fraction of sp³-hybridized carbons (Fsp3) is 0.381. The van der Waals surface area contributed by atoms with E-state index in [0.29, 0.717) is 53.2 Å². The Kier molecular flexibility index (Phi) is 7.81. The number of benzene rings is 2. The van der Waals surface area contributed by atoms with Gasteiger partial charge in [-0.15, -0.1) is 0 Å². The van der Waals surface area contributed by atoms with E-state index in [4.69, 9.17) is 30.5 Å². The SMILES string of the molecule is CCOc1c(Cl)cc(C(=O)N(C)CCc2ccc(OC)c(OC)c2)cc1OC. The van der Waals surface area contributed by atoms with Gasteiger partial charge in [-0.25, -0.2) is 0 Å². The number of nitrogens with zero attached hydrogens (tertiary/aromatic N) is 1. The first-order valence-electron chi connectivity index (χ1n) is 8.91. The third-order valence-corrected chi connectivity index (χ3v) is 4.58. The van der Waals surface area contributed by atoms with Gasteiger partial charge in [-0.3, -0.25) is 4.79 Å². The summed E-state index contributed by atoms with van der Waals surface area (Å²) in [5.41, 5.74) is 1.49. The number of amides is 1. The van der Waals surface area contributed by atoms with Gasteiger partial charge in [-0.1, -0.05) is 17.7 Å². The van der Waals surface area contributed by atoms with Crippen molar-refractivity contribution in [2.24, 2.45) is 0 Å². The smallest absolute Gasteiger partial charge is 0.253 e. The average Bonchev–Trinajstić information content (AvgIpc) is 2.72. The highest BCUT2D eigenvalue weighted by atomic mass is 35.5. The molecule has 0 bridgehead atoms. The minimum Gasteiger partial charge on any atom is -0.493 e. The molecule has 0 saturated carbocycles. The van der Waals surface area contributed by atoms with Crippen molar-refractivity contribution in [3.05, 3.63) is 46.5 Å². The van der Waals surface area contributed by atoms with Crippen molar-refractivity contribution in [2.45, 2.75) is 13.3 Å². The van der Waals surface area contributed by atoms with Gasteiger partial charge in [0.1, 0.15) is 0 Å². The molecule has 0 fully saturated rings. The van der Waals surface area contributed by atoms with E-state index < -0.39 is 0 Å². The van der Waals surface area contributed by atoms with E-state index in [1.54, 1.807) is 38.3 Å². The first-order chi connectivity index (χ1) is 13.4. The van der Waals surface area contributed by atoms with Crippen LogP contribution in [0.3, 0.4) is 0 Å². The van der Waals surface area contributed by atoms with Crippen LogP contribution in [0.2, 0.25) is 5.02 Å². The summed E-state index contributed by atoms with van der Waals surface area (Å²) in [6.07, 6.45) is 0.671. The molecule has 2 rings (SSSR count). The number of carbonyl (C=O) groups excluding carboxylic acids is 1. The van der Waals surface area contributed by atoms with Crippen molar-refractivity contribution >= 4 is 17.5 Å². The van der Waals surface area contributed by atoms with Gasteiger partial charge < -0.3 is 23.8 Å². The predicted octanol–water partition coefficient (Wildman–Crippen LogP) is 4.08. The molecule has 0 heterocycles. The molecule has 0 aromatic heterocycles. The number of carbonyl (C=O) groups is 1. The molecule has 28 heavy (non-hydrogen) atoms. The van der Waals surface area contributed by atoms with E-state index in [1.807, 2.05) is 25.1 Å². The monoisotopic (exact) mass is 407 g/mol. The molecule has 0 aliphatic rings. The lowest BCUT2D eigenvalue weighted by molar-refractivity contribution is 0.0796. The number of methoxy groups -OCH3 is 3. The van der Waals surface area contributed by atoms with Crippen LogP contribution >= 0.6 is 11.6 Å². The highest BCUT2D eigenvalue weighted by Gasteiger charge is 2.18. The summed E-state index contributed by atoms with van der Waals surface area (Å²) in [6.45, 7) is 2.84. The Morgan fingerprint density at radius 3 is 2.29 bits per heavy atom. The number of likely N-dealkylation sites (N-methyl/N-ethyl adjacent to an activating group) is 1. The maximum absolute atomic E-state index is 12.8. The van der Waals surface area contributed by atoms with Crippen LogP contribution in [0.25, 0.3) is 0 Å². The number of ether oxygens (including phenoxy) is 4. The summed E-state index contributed by atoms with van der Waals surface area (Å²) in [7, 11) is 6.46. The lowest BCUT2D eigenvalue weighted by Crippen LogP contribution is -2.28. The Labute approximate surface area is 170 Å². The Morgan fingerprint density at radius 1 is 1.00 bits per heavy atom. The van der Waals surface area contributed by atoms with E-state index in [2.05, 4.69) is 0 Å². The second kappa shape index (κ2) is 10.1. The van der Waals surface area contributed by atoms with Crippen LogP contribution in [0.1, 0.15) is 22.8 Å². The van der Waals surface area contributed by atoms with E-state index in [-0.39, 0.29) is 5.91 Å². The van der Waals surface area contributed by atoms with Gasteiger partial charge >= 0.3 is 0 Å². The lowest BCUT2D eigenvalue weighted by Gasteiger charge is -2.19. The topological polar surface area (TPSA) is 57.2 Å². The Morgan fingerprint density at radius 2 is 1.68 bits per heavy atom. The lowest BCUT2D eigenvalue weighted by atomic mass is 10.1. The molecule has 0 atom stereocenters. The molecule has 152 valence electrons. The van der Waals surface area contributed by atoms with Gasteiger partial charge in [-0.05, 0) is 43.2 Å². The summed E-state index contributed by atoms with van der Waals surface area (Å²) >= 11 is 6.27. The van der Waals surface area contributed by atoms with Gasteiger partial charge in [0, 0.05) is 19.2 Å². The summed E-state index contributed by atoms with van der Waals surface area (Å²) in [5.74, 6) is 2.06. The van der Waals surface area contributed by atoms with Crippen LogP contribution in [-0.4, -0.2) is 52.3 Å². The van der Waals surface area contributed by atoms with Crippen molar-refractivity contribution in [3.63, 3.8) is 0 Å². The fourth-order valence-corrected chi connectivity index (χ4v) is 3.05. The highest BCUT2D eigenvalue weighted by molar-refractivity contribution is 6.32. The van der Waals surface area contributed by atoms with E-state index in [0.717, 1.165) is 5.56 Å². The normalized spacial score (nSPS) is 10.4. The maximum Gasteiger partial charge on any atom is 0.253 e. The van der Waals surface area contributed by atoms with Gasteiger partial charge in [0.05, 0.1) is 33.0 Å². The molecular formula is C21H26ClNO5. The van der Waals surface area contributed by atoms with Gasteiger partial charge in [0.15, 0.2) is 23.0 Å². The van der Waals surface area contributed by atoms with E-state index in [9.17, 15) is 4.79 Å². The zero-order valence-corrected chi connectivity index (χ0v) is 17.6.